The first kappa shape index (κ1) is 15.1. The van der Waals surface area contributed by atoms with Crippen LogP contribution >= 0.6 is 11.3 Å². The molecule has 1 saturated carbocycles. The zero-order valence-electron chi connectivity index (χ0n) is 13.0. The number of nitrogens with zero attached hydrogens (tertiary/aromatic N) is 2. The molecule has 5 nitrogen and oxygen atoms in total. The topological polar surface area (TPSA) is 56.3 Å². The number of benzene rings is 1. The Balaban J connectivity index is 1.73. The number of hydrogen-bond donors (Lipinski definition) is 1. The highest BCUT2D eigenvalue weighted by molar-refractivity contribution is 7.15. The quantitative estimate of drug-likeness (QED) is 0.878. The molecule has 6 heteroatoms. The largest absolute Gasteiger partial charge is 0.497 e. The van der Waals surface area contributed by atoms with Gasteiger partial charge < -0.3 is 14.8 Å². The zero-order valence-corrected chi connectivity index (χ0v) is 13.8. The molecule has 2 aromatic rings. The van der Waals surface area contributed by atoms with Gasteiger partial charge in [-0.1, -0.05) is 11.3 Å². The van der Waals surface area contributed by atoms with Crippen molar-refractivity contribution in [1.29, 1.82) is 0 Å². The Hall–Kier alpha value is -1.82. The van der Waals surface area contributed by atoms with Gasteiger partial charge in [-0.25, -0.2) is 0 Å². The van der Waals surface area contributed by atoms with Crippen LogP contribution in [-0.2, 0) is 6.54 Å². The highest BCUT2D eigenvalue weighted by Gasteiger charge is 2.18. The summed E-state index contributed by atoms with van der Waals surface area (Å²) >= 11 is 1.55. The van der Waals surface area contributed by atoms with Gasteiger partial charge in [-0.15, -0.1) is 10.2 Å². The molecule has 1 heterocycles. The van der Waals surface area contributed by atoms with E-state index in [0.717, 1.165) is 40.0 Å². The molecule has 0 atom stereocenters. The molecule has 1 aliphatic rings. The molecule has 0 unspecified atom stereocenters. The first-order chi connectivity index (χ1) is 10.7. The SMILES string of the molecule is COc1ccc(CNc2nnc(C)s2)c(OC2CCCC2)c1. The summed E-state index contributed by atoms with van der Waals surface area (Å²) in [5.74, 6) is 1.73. The summed E-state index contributed by atoms with van der Waals surface area (Å²) in [6.07, 6.45) is 5.12. The van der Waals surface area contributed by atoms with Crippen LogP contribution in [0.2, 0.25) is 0 Å². The van der Waals surface area contributed by atoms with E-state index in [1.165, 1.54) is 12.8 Å². The number of hydrogen-bond acceptors (Lipinski definition) is 6. The Bertz CT molecular complexity index is 624. The fraction of sp³-hybridized carbons (Fsp3) is 0.500. The maximum absolute atomic E-state index is 6.19. The van der Waals surface area contributed by atoms with Crippen LogP contribution < -0.4 is 14.8 Å². The van der Waals surface area contributed by atoms with Crippen molar-refractivity contribution in [1.82, 2.24) is 10.2 Å². The van der Waals surface area contributed by atoms with E-state index in [2.05, 4.69) is 15.5 Å². The van der Waals surface area contributed by atoms with Crippen LogP contribution in [-0.4, -0.2) is 23.4 Å². The molecule has 0 spiro atoms. The van der Waals surface area contributed by atoms with Gasteiger partial charge in [-0.3, -0.25) is 0 Å². The van der Waals surface area contributed by atoms with Gasteiger partial charge in [0.2, 0.25) is 5.13 Å². The van der Waals surface area contributed by atoms with Crippen molar-refractivity contribution in [3.63, 3.8) is 0 Å². The molecular formula is C16H21N3O2S. The number of ether oxygens (including phenoxy) is 2. The maximum atomic E-state index is 6.19. The predicted octanol–water partition coefficient (Wildman–Crippen LogP) is 3.79. The fourth-order valence-corrected chi connectivity index (χ4v) is 3.23. The molecule has 1 N–H and O–H groups in total. The molecule has 1 fully saturated rings. The van der Waals surface area contributed by atoms with Gasteiger partial charge in [-0.2, -0.15) is 0 Å². The molecule has 22 heavy (non-hydrogen) atoms. The standard InChI is InChI=1S/C16H21N3O2S/c1-11-18-19-16(22-11)17-10-12-7-8-14(20-2)9-15(12)21-13-5-3-4-6-13/h7-9,13H,3-6,10H2,1-2H3,(H,17,19). The van der Waals surface area contributed by atoms with Crippen molar-refractivity contribution in [3.05, 3.63) is 28.8 Å². The van der Waals surface area contributed by atoms with E-state index in [-0.39, 0.29) is 0 Å². The number of anilines is 1. The summed E-state index contributed by atoms with van der Waals surface area (Å²) in [4.78, 5) is 0. The summed E-state index contributed by atoms with van der Waals surface area (Å²) in [6.45, 7) is 2.62. The van der Waals surface area contributed by atoms with E-state index in [1.807, 2.05) is 25.1 Å². The monoisotopic (exact) mass is 319 g/mol. The Labute approximate surface area is 134 Å². The first-order valence-corrected chi connectivity index (χ1v) is 8.44. The third-order valence-electron chi connectivity index (χ3n) is 3.83. The lowest BCUT2D eigenvalue weighted by molar-refractivity contribution is 0.207. The van der Waals surface area contributed by atoms with Crippen molar-refractivity contribution in [2.75, 3.05) is 12.4 Å². The van der Waals surface area contributed by atoms with Gasteiger partial charge in [0.1, 0.15) is 16.5 Å². The Kier molecular flexibility index (Phi) is 4.77. The molecule has 3 rings (SSSR count). The van der Waals surface area contributed by atoms with Crippen LogP contribution in [0.5, 0.6) is 11.5 Å². The Morgan fingerprint density at radius 3 is 2.77 bits per heavy atom. The molecule has 118 valence electrons. The smallest absolute Gasteiger partial charge is 0.205 e. The van der Waals surface area contributed by atoms with Crippen LogP contribution in [0.4, 0.5) is 5.13 Å². The van der Waals surface area contributed by atoms with Gasteiger partial charge in [0, 0.05) is 18.2 Å². The molecule has 0 radical (unpaired) electrons. The van der Waals surface area contributed by atoms with Gasteiger partial charge >= 0.3 is 0 Å². The average molecular weight is 319 g/mol. The molecule has 0 saturated heterocycles. The summed E-state index contributed by atoms with van der Waals surface area (Å²) in [5.41, 5.74) is 1.11. The van der Waals surface area contributed by atoms with E-state index in [0.29, 0.717) is 12.6 Å². The highest BCUT2D eigenvalue weighted by Crippen LogP contribution is 2.30. The summed E-state index contributed by atoms with van der Waals surface area (Å²) in [5, 5.41) is 13.2. The molecular weight excluding hydrogens is 298 g/mol. The van der Waals surface area contributed by atoms with E-state index in [9.17, 15) is 0 Å². The second-order valence-electron chi connectivity index (χ2n) is 5.48. The minimum Gasteiger partial charge on any atom is -0.497 e. The lowest BCUT2D eigenvalue weighted by atomic mass is 10.2. The van der Waals surface area contributed by atoms with Gasteiger partial charge in [-0.05, 0) is 44.7 Å². The van der Waals surface area contributed by atoms with Crippen LogP contribution in [0.25, 0.3) is 0 Å². The summed E-state index contributed by atoms with van der Waals surface area (Å²) in [7, 11) is 1.68. The average Bonchev–Trinajstić information content (AvgIpc) is 3.17. The minimum absolute atomic E-state index is 0.328. The Morgan fingerprint density at radius 2 is 2.09 bits per heavy atom. The van der Waals surface area contributed by atoms with E-state index >= 15 is 0 Å². The van der Waals surface area contributed by atoms with E-state index in [4.69, 9.17) is 9.47 Å². The third kappa shape index (κ3) is 3.68. The van der Waals surface area contributed by atoms with Crippen molar-refractivity contribution in [2.45, 2.75) is 45.3 Å². The van der Waals surface area contributed by atoms with Crippen LogP contribution in [0.15, 0.2) is 18.2 Å². The van der Waals surface area contributed by atoms with E-state index < -0.39 is 0 Å². The second-order valence-corrected chi connectivity index (χ2v) is 6.66. The van der Waals surface area contributed by atoms with Crippen LogP contribution in [0.3, 0.4) is 0 Å². The number of nitrogens with one attached hydrogen (secondary N) is 1. The maximum Gasteiger partial charge on any atom is 0.205 e. The van der Waals surface area contributed by atoms with Gasteiger partial charge in [0.15, 0.2) is 0 Å². The first-order valence-electron chi connectivity index (χ1n) is 7.62. The molecule has 1 aromatic heterocycles. The zero-order chi connectivity index (χ0) is 15.4. The lowest BCUT2D eigenvalue weighted by Gasteiger charge is -2.17. The summed E-state index contributed by atoms with van der Waals surface area (Å²) in [6, 6.07) is 5.98. The van der Waals surface area contributed by atoms with Crippen molar-refractivity contribution < 1.29 is 9.47 Å². The third-order valence-corrected chi connectivity index (χ3v) is 4.62. The molecule has 1 aliphatic carbocycles. The highest BCUT2D eigenvalue weighted by atomic mass is 32.1. The molecule has 0 aliphatic heterocycles. The van der Waals surface area contributed by atoms with Crippen LogP contribution in [0, 0.1) is 6.92 Å². The summed E-state index contributed by atoms with van der Waals surface area (Å²) < 4.78 is 11.5. The predicted molar refractivity (Wildman–Crippen MR) is 87.9 cm³/mol. The van der Waals surface area contributed by atoms with Crippen molar-refractivity contribution in [3.8, 4) is 11.5 Å². The molecule has 0 bridgehead atoms. The lowest BCUT2D eigenvalue weighted by Crippen LogP contribution is -2.13. The Morgan fingerprint density at radius 1 is 1.27 bits per heavy atom. The van der Waals surface area contributed by atoms with E-state index in [1.54, 1.807) is 18.4 Å². The number of aromatic nitrogens is 2. The molecule has 1 aromatic carbocycles. The van der Waals surface area contributed by atoms with Crippen molar-refractivity contribution in [2.24, 2.45) is 0 Å². The number of methoxy groups -OCH3 is 1. The molecule has 0 amide bonds. The number of aryl methyl sites for hydroxylation is 1. The second kappa shape index (κ2) is 6.96. The fourth-order valence-electron chi connectivity index (χ4n) is 2.64. The van der Waals surface area contributed by atoms with Crippen molar-refractivity contribution >= 4 is 16.5 Å². The normalized spacial score (nSPS) is 15.0. The minimum atomic E-state index is 0.328. The van der Waals surface area contributed by atoms with Gasteiger partial charge in [0.05, 0.1) is 13.2 Å². The van der Waals surface area contributed by atoms with Crippen LogP contribution in [0.1, 0.15) is 36.3 Å². The van der Waals surface area contributed by atoms with Gasteiger partial charge in [0.25, 0.3) is 0 Å². The number of rotatable bonds is 6.